The van der Waals surface area contributed by atoms with Gasteiger partial charge < -0.3 is 10.0 Å². The van der Waals surface area contributed by atoms with Gasteiger partial charge in [0.15, 0.2) is 0 Å². The van der Waals surface area contributed by atoms with Crippen LogP contribution < -0.4 is 0 Å². The third kappa shape index (κ3) is 4.70. The molecule has 0 bridgehead atoms. The molecular weight excluding hydrogens is 310 g/mol. The van der Waals surface area contributed by atoms with E-state index in [0.29, 0.717) is 12.0 Å². The molecule has 3 unspecified atom stereocenters. The zero-order chi connectivity index (χ0) is 18.2. The summed E-state index contributed by atoms with van der Waals surface area (Å²) in [6, 6.07) is 20.5. The smallest absolute Gasteiger partial charge is 0.254 e. The molecule has 0 saturated heterocycles. The van der Waals surface area contributed by atoms with Gasteiger partial charge in [0.05, 0.1) is 6.04 Å². The first-order valence-electron chi connectivity index (χ1n) is 9.04. The van der Waals surface area contributed by atoms with Gasteiger partial charge in [0.25, 0.3) is 5.91 Å². The molecule has 0 aromatic heterocycles. The Kier molecular flexibility index (Phi) is 7.20. The Bertz CT molecular complexity index is 642. The first-order valence-corrected chi connectivity index (χ1v) is 9.04. The van der Waals surface area contributed by atoms with Crippen LogP contribution in [0, 0.1) is 5.92 Å². The molecule has 1 saturated carbocycles. The van der Waals surface area contributed by atoms with E-state index < -0.39 is 0 Å². The lowest BCUT2D eigenvalue weighted by atomic mass is 10.0. The third-order valence-corrected chi connectivity index (χ3v) is 5.02. The lowest BCUT2D eigenvalue weighted by molar-refractivity contribution is 0.0588. The van der Waals surface area contributed by atoms with Crippen LogP contribution >= 0.6 is 0 Å². The second-order valence-electron chi connectivity index (χ2n) is 6.74. The Morgan fingerprint density at radius 3 is 2.08 bits per heavy atom. The van der Waals surface area contributed by atoms with E-state index in [-0.39, 0.29) is 11.9 Å². The Hall–Kier alpha value is -2.13. The van der Waals surface area contributed by atoms with Crippen molar-refractivity contribution in [3.63, 3.8) is 0 Å². The van der Waals surface area contributed by atoms with Crippen molar-refractivity contribution in [3.05, 3.63) is 71.8 Å². The predicted octanol–water partition coefficient (Wildman–Crippen LogP) is 4.69. The second kappa shape index (κ2) is 9.38. The van der Waals surface area contributed by atoms with Crippen molar-refractivity contribution in [3.8, 4) is 0 Å². The van der Waals surface area contributed by atoms with E-state index >= 15 is 0 Å². The Balaban J connectivity index is 0.00000109. The van der Waals surface area contributed by atoms with Crippen molar-refractivity contribution in [1.82, 2.24) is 4.90 Å². The standard InChI is InChI=1S/C21H25NO.CH4O/c1-16-13-14-20(15-16)22(17(2)18-9-5-3-6-10-18)21(23)19-11-7-4-8-12-19;1-2/h3-12,16-17,20H,13-15H2,1-2H3;2H,1H3. The minimum Gasteiger partial charge on any atom is -0.400 e. The Morgan fingerprint density at radius 2 is 1.56 bits per heavy atom. The molecule has 25 heavy (non-hydrogen) atoms. The molecule has 1 aliphatic rings. The monoisotopic (exact) mass is 339 g/mol. The molecule has 0 heterocycles. The fraction of sp³-hybridized carbons (Fsp3) is 0.409. The summed E-state index contributed by atoms with van der Waals surface area (Å²) in [5.41, 5.74) is 1.99. The van der Waals surface area contributed by atoms with Crippen LogP contribution in [0.25, 0.3) is 0 Å². The molecule has 0 aliphatic heterocycles. The highest BCUT2D eigenvalue weighted by atomic mass is 16.2. The molecule has 2 aromatic carbocycles. The number of carbonyl (C=O) groups excluding carboxylic acids is 1. The number of amides is 1. The summed E-state index contributed by atoms with van der Waals surface area (Å²) in [5.74, 6) is 0.857. The van der Waals surface area contributed by atoms with E-state index in [2.05, 4.69) is 30.9 Å². The number of benzene rings is 2. The van der Waals surface area contributed by atoms with Crippen LogP contribution in [0.3, 0.4) is 0 Å². The molecule has 1 aliphatic carbocycles. The average molecular weight is 339 g/mol. The normalized spacial score (nSPS) is 20.3. The highest BCUT2D eigenvalue weighted by molar-refractivity contribution is 5.94. The van der Waals surface area contributed by atoms with Gasteiger partial charge in [-0.1, -0.05) is 55.5 Å². The molecule has 134 valence electrons. The second-order valence-corrected chi connectivity index (χ2v) is 6.74. The van der Waals surface area contributed by atoms with E-state index in [0.717, 1.165) is 25.5 Å². The van der Waals surface area contributed by atoms with E-state index in [9.17, 15) is 4.79 Å². The van der Waals surface area contributed by atoms with Crippen LogP contribution in [-0.2, 0) is 0 Å². The van der Waals surface area contributed by atoms with Gasteiger partial charge in [0.2, 0.25) is 0 Å². The summed E-state index contributed by atoms with van der Waals surface area (Å²) in [7, 11) is 1.00. The molecule has 1 amide bonds. The molecule has 3 atom stereocenters. The lowest BCUT2D eigenvalue weighted by Crippen LogP contribution is -2.41. The van der Waals surface area contributed by atoms with Gasteiger partial charge in [-0.2, -0.15) is 0 Å². The van der Waals surface area contributed by atoms with Crippen molar-refractivity contribution < 1.29 is 9.90 Å². The van der Waals surface area contributed by atoms with E-state index in [4.69, 9.17) is 5.11 Å². The summed E-state index contributed by atoms with van der Waals surface area (Å²) in [6.07, 6.45) is 3.43. The fourth-order valence-corrected chi connectivity index (χ4v) is 3.71. The van der Waals surface area contributed by atoms with E-state index in [1.807, 2.05) is 48.5 Å². The van der Waals surface area contributed by atoms with Crippen molar-refractivity contribution in [2.24, 2.45) is 5.92 Å². The predicted molar refractivity (Wildman–Crippen MR) is 102 cm³/mol. The van der Waals surface area contributed by atoms with Gasteiger partial charge in [-0.3, -0.25) is 4.79 Å². The average Bonchev–Trinajstić information content (AvgIpc) is 3.10. The van der Waals surface area contributed by atoms with Gasteiger partial charge in [0.1, 0.15) is 0 Å². The van der Waals surface area contributed by atoms with Crippen LogP contribution in [0.15, 0.2) is 60.7 Å². The zero-order valence-electron chi connectivity index (χ0n) is 15.4. The van der Waals surface area contributed by atoms with E-state index in [1.165, 1.54) is 12.0 Å². The van der Waals surface area contributed by atoms with Crippen molar-refractivity contribution >= 4 is 5.91 Å². The zero-order valence-corrected chi connectivity index (χ0v) is 15.4. The maximum atomic E-state index is 13.2. The number of nitrogens with zero attached hydrogens (tertiary/aromatic N) is 1. The van der Waals surface area contributed by atoms with Crippen LogP contribution in [-0.4, -0.2) is 29.1 Å². The largest absolute Gasteiger partial charge is 0.400 e. The quantitative estimate of drug-likeness (QED) is 0.878. The number of hydrogen-bond acceptors (Lipinski definition) is 2. The van der Waals surface area contributed by atoms with Crippen molar-refractivity contribution in [2.45, 2.75) is 45.2 Å². The van der Waals surface area contributed by atoms with Crippen molar-refractivity contribution in [2.75, 3.05) is 7.11 Å². The summed E-state index contributed by atoms with van der Waals surface area (Å²) in [6.45, 7) is 4.44. The summed E-state index contributed by atoms with van der Waals surface area (Å²) in [5, 5.41) is 7.00. The molecule has 1 fully saturated rings. The molecule has 0 spiro atoms. The van der Waals surface area contributed by atoms with Gasteiger partial charge >= 0.3 is 0 Å². The fourth-order valence-electron chi connectivity index (χ4n) is 3.71. The lowest BCUT2D eigenvalue weighted by Gasteiger charge is -2.35. The number of rotatable bonds is 4. The first kappa shape index (κ1) is 19.2. The maximum absolute atomic E-state index is 13.2. The number of carbonyl (C=O) groups is 1. The highest BCUT2D eigenvalue weighted by Gasteiger charge is 2.34. The van der Waals surface area contributed by atoms with Crippen LogP contribution in [0.2, 0.25) is 0 Å². The number of aliphatic hydroxyl groups is 1. The molecule has 3 heteroatoms. The van der Waals surface area contributed by atoms with E-state index in [1.54, 1.807) is 0 Å². The minimum atomic E-state index is 0.0965. The molecule has 3 rings (SSSR count). The first-order chi connectivity index (χ1) is 12.2. The Morgan fingerprint density at radius 1 is 1.00 bits per heavy atom. The molecular formula is C22H29NO2. The van der Waals surface area contributed by atoms with Crippen LogP contribution in [0.5, 0.6) is 0 Å². The van der Waals surface area contributed by atoms with Gasteiger partial charge in [-0.05, 0) is 49.8 Å². The third-order valence-electron chi connectivity index (χ3n) is 5.02. The van der Waals surface area contributed by atoms with Crippen LogP contribution in [0.1, 0.15) is 55.1 Å². The molecule has 2 aromatic rings. The van der Waals surface area contributed by atoms with Gasteiger partial charge in [0, 0.05) is 18.7 Å². The van der Waals surface area contributed by atoms with Gasteiger partial charge in [-0.25, -0.2) is 0 Å². The summed E-state index contributed by atoms with van der Waals surface area (Å²) >= 11 is 0. The number of hydrogen-bond donors (Lipinski definition) is 1. The van der Waals surface area contributed by atoms with Gasteiger partial charge in [-0.15, -0.1) is 0 Å². The highest BCUT2D eigenvalue weighted by Crippen LogP contribution is 2.35. The summed E-state index contributed by atoms with van der Waals surface area (Å²) in [4.78, 5) is 15.3. The summed E-state index contributed by atoms with van der Waals surface area (Å²) < 4.78 is 0. The molecule has 1 N–H and O–H groups in total. The topological polar surface area (TPSA) is 40.5 Å². The van der Waals surface area contributed by atoms with Crippen LogP contribution in [0.4, 0.5) is 0 Å². The number of aliphatic hydroxyl groups excluding tert-OH is 1. The minimum absolute atomic E-state index is 0.0965. The molecule has 3 nitrogen and oxygen atoms in total. The molecule has 0 radical (unpaired) electrons. The maximum Gasteiger partial charge on any atom is 0.254 e. The SMILES string of the molecule is CC1CCC(N(C(=O)c2ccccc2)C(C)c2ccccc2)C1.CO. The Labute approximate surface area is 151 Å². The van der Waals surface area contributed by atoms with Crippen molar-refractivity contribution in [1.29, 1.82) is 0 Å².